The fraction of sp³-hybridized carbons (Fsp3) is 0.143. The molecule has 0 aliphatic heterocycles. The topological polar surface area (TPSA) is 26.0 Å². The second kappa shape index (κ2) is 4.17. The van der Waals surface area contributed by atoms with Crippen molar-refractivity contribution < 1.29 is 8.78 Å². The molecule has 0 heterocycles. The van der Waals surface area contributed by atoms with Crippen LogP contribution in [-0.2, 0) is 0 Å². The summed E-state index contributed by atoms with van der Waals surface area (Å²) in [6.07, 6.45) is 0. The van der Waals surface area contributed by atoms with Crippen molar-refractivity contribution in [2.45, 2.75) is 13.8 Å². The van der Waals surface area contributed by atoms with Crippen LogP contribution in [0.5, 0.6) is 0 Å². The highest BCUT2D eigenvalue weighted by molar-refractivity contribution is 5.70. The second-order valence-corrected chi connectivity index (χ2v) is 4.17. The van der Waals surface area contributed by atoms with Crippen LogP contribution in [-0.4, -0.2) is 0 Å². The molecule has 0 fully saturated rings. The van der Waals surface area contributed by atoms with E-state index in [0.717, 1.165) is 23.3 Å². The average Bonchev–Trinajstić information content (AvgIpc) is 2.24. The molecule has 1 nitrogen and oxygen atoms in total. The van der Waals surface area contributed by atoms with Gasteiger partial charge in [0.1, 0.15) is 11.6 Å². The Labute approximate surface area is 98.9 Å². The Morgan fingerprint density at radius 2 is 1.59 bits per heavy atom. The van der Waals surface area contributed by atoms with Crippen LogP contribution in [0.15, 0.2) is 30.3 Å². The molecule has 2 aromatic rings. The predicted molar refractivity (Wildman–Crippen MR) is 65.7 cm³/mol. The van der Waals surface area contributed by atoms with Crippen LogP contribution in [0.25, 0.3) is 11.1 Å². The van der Waals surface area contributed by atoms with Gasteiger partial charge in [-0.05, 0) is 31.0 Å². The third-order valence-corrected chi connectivity index (χ3v) is 2.76. The Bertz CT molecular complexity index is 577. The van der Waals surface area contributed by atoms with Gasteiger partial charge in [-0.1, -0.05) is 23.8 Å². The average molecular weight is 233 g/mol. The zero-order valence-corrected chi connectivity index (χ0v) is 9.72. The molecule has 0 saturated heterocycles. The molecule has 0 saturated carbocycles. The quantitative estimate of drug-likeness (QED) is 0.744. The number of anilines is 1. The Kier molecular flexibility index (Phi) is 2.84. The van der Waals surface area contributed by atoms with Crippen molar-refractivity contribution in [1.29, 1.82) is 0 Å². The standard InChI is InChI=1S/C14H13F2N/c1-8-3-4-10(9(2)5-8)11-6-13(16)14(17)7-12(11)15/h3-7H,17H2,1-2H3. The molecule has 2 aromatic carbocycles. The van der Waals surface area contributed by atoms with Gasteiger partial charge in [-0.3, -0.25) is 0 Å². The summed E-state index contributed by atoms with van der Waals surface area (Å²) in [7, 11) is 0. The second-order valence-electron chi connectivity index (χ2n) is 4.17. The molecule has 0 atom stereocenters. The fourth-order valence-electron chi connectivity index (χ4n) is 1.88. The van der Waals surface area contributed by atoms with E-state index in [-0.39, 0.29) is 11.3 Å². The zero-order valence-electron chi connectivity index (χ0n) is 9.72. The lowest BCUT2D eigenvalue weighted by Gasteiger charge is -2.09. The van der Waals surface area contributed by atoms with Crippen molar-refractivity contribution in [3.05, 3.63) is 53.1 Å². The van der Waals surface area contributed by atoms with E-state index in [2.05, 4.69) is 0 Å². The van der Waals surface area contributed by atoms with Crippen molar-refractivity contribution in [3.63, 3.8) is 0 Å². The van der Waals surface area contributed by atoms with Crippen LogP contribution in [0.4, 0.5) is 14.5 Å². The van der Waals surface area contributed by atoms with Gasteiger partial charge in [-0.25, -0.2) is 8.78 Å². The highest BCUT2D eigenvalue weighted by Crippen LogP contribution is 2.29. The normalized spacial score (nSPS) is 10.6. The Morgan fingerprint density at radius 1 is 0.882 bits per heavy atom. The van der Waals surface area contributed by atoms with Gasteiger partial charge in [0.15, 0.2) is 0 Å². The van der Waals surface area contributed by atoms with Crippen molar-refractivity contribution in [1.82, 2.24) is 0 Å². The van der Waals surface area contributed by atoms with Gasteiger partial charge in [-0.15, -0.1) is 0 Å². The van der Waals surface area contributed by atoms with Gasteiger partial charge in [0.25, 0.3) is 0 Å². The summed E-state index contributed by atoms with van der Waals surface area (Å²) >= 11 is 0. The molecule has 0 amide bonds. The Morgan fingerprint density at radius 3 is 2.24 bits per heavy atom. The van der Waals surface area contributed by atoms with E-state index in [1.807, 2.05) is 26.0 Å². The van der Waals surface area contributed by atoms with Gasteiger partial charge in [0, 0.05) is 11.6 Å². The lowest BCUT2D eigenvalue weighted by molar-refractivity contribution is 0.607. The van der Waals surface area contributed by atoms with Crippen molar-refractivity contribution >= 4 is 5.69 Å². The van der Waals surface area contributed by atoms with E-state index in [1.165, 1.54) is 0 Å². The van der Waals surface area contributed by atoms with E-state index in [4.69, 9.17) is 5.73 Å². The molecule has 0 aliphatic rings. The molecule has 17 heavy (non-hydrogen) atoms. The SMILES string of the molecule is Cc1ccc(-c2cc(F)c(N)cc2F)c(C)c1. The third-order valence-electron chi connectivity index (χ3n) is 2.76. The monoisotopic (exact) mass is 233 g/mol. The van der Waals surface area contributed by atoms with E-state index in [9.17, 15) is 8.78 Å². The molecule has 0 radical (unpaired) electrons. The minimum Gasteiger partial charge on any atom is -0.396 e. The lowest BCUT2D eigenvalue weighted by atomic mass is 9.98. The van der Waals surface area contributed by atoms with Crippen molar-refractivity contribution in [2.75, 3.05) is 5.73 Å². The van der Waals surface area contributed by atoms with Crippen LogP contribution >= 0.6 is 0 Å². The highest BCUT2D eigenvalue weighted by atomic mass is 19.1. The number of hydrogen-bond donors (Lipinski definition) is 1. The maximum Gasteiger partial charge on any atom is 0.146 e. The van der Waals surface area contributed by atoms with E-state index in [0.29, 0.717) is 5.56 Å². The summed E-state index contributed by atoms with van der Waals surface area (Å²) in [5, 5.41) is 0. The fourth-order valence-corrected chi connectivity index (χ4v) is 1.88. The summed E-state index contributed by atoms with van der Waals surface area (Å²) < 4.78 is 27.1. The minimum absolute atomic E-state index is 0.170. The molecular weight excluding hydrogens is 220 g/mol. The number of aryl methyl sites for hydroxylation is 2. The number of nitrogens with two attached hydrogens (primary N) is 1. The number of halogens is 2. The van der Waals surface area contributed by atoms with Crippen LogP contribution in [0.1, 0.15) is 11.1 Å². The molecule has 0 unspecified atom stereocenters. The molecule has 88 valence electrons. The summed E-state index contributed by atoms with van der Waals surface area (Å²) in [6.45, 7) is 3.83. The molecule has 0 aromatic heterocycles. The zero-order chi connectivity index (χ0) is 12.6. The maximum absolute atomic E-state index is 13.8. The first-order valence-corrected chi connectivity index (χ1v) is 5.31. The smallest absolute Gasteiger partial charge is 0.146 e. The van der Waals surface area contributed by atoms with Crippen LogP contribution in [0.2, 0.25) is 0 Å². The highest BCUT2D eigenvalue weighted by Gasteiger charge is 2.11. The number of hydrogen-bond acceptors (Lipinski definition) is 1. The first kappa shape index (κ1) is 11.6. The van der Waals surface area contributed by atoms with Gasteiger partial charge >= 0.3 is 0 Å². The van der Waals surface area contributed by atoms with Gasteiger partial charge in [0.2, 0.25) is 0 Å². The first-order chi connectivity index (χ1) is 7.99. The minimum atomic E-state index is -0.596. The number of nitrogen functional groups attached to an aromatic ring is 1. The molecule has 2 rings (SSSR count). The van der Waals surface area contributed by atoms with Gasteiger partial charge < -0.3 is 5.73 Å². The van der Waals surface area contributed by atoms with Gasteiger partial charge in [-0.2, -0.15) is 0 Å². The van der Waals surface area contributed by atoms with E-state index < -0.39 is 11.6 Å². The summed E-state index contributed by atoms with van der Waals surface area (Å²) in [6, 6.07) is 7.75. The molecular formula is C14H13F2N. The van der Waals surface area contributed by atoms with Crippen LogP contribution in [0.3, 0.4) is 0 Å². The van der Waals surface area contributed by atoms with Crippen LogP contribution < -0.4 is 5.73 Å². The predicted octanol–water partition coefficient (Wildman–Crippen LogP) is 3.83. The molecule has 3 heteroatoms. The summed E-state index contributed by atoms with van der Waals surface area (Å²) in [5.41, 5.74) is 8.07. The number of rotatable bonds is 1. The third kappa shape index (κ3) is 2.13. The van der Waals surface area contributed by atoms with E-state index >= 15 is 0 Å². The van der Waals surface area contributed by atoms with E-state index in [1.54, 1.807) is 6.07 Å². The molecule has 0 aliphatic carbocycles. The Hall–Kier alpha value is -1.90. The molecule has 0 spiro atoms. The van der Waals surface area contributed by atoms with Crippen molar-refractivity contribution in [2.24, 2.45) is 0 Å². The maximum atomic E-state index is 13.8. The van der Waals surface area contributed by atoms with Crippen LogP contribution in [0, 0.1) is 25.5 Å². The lowest BCUT2D eigenvalue weighted by Crippen LogP contribution is -1.95. The number of benzene rings is 2. The molecule has 2 N–H and O–H groups in total. The summed E-state index contributed by atoms with van der Waals surface area (Å²) in [5.74, 6) is -1.10. The largest absolute Gasteiger partial charge is 0.396 e. The first-order valence-electron chi connectivity index (χ1n) is 5.31. The Balaban J connectivity index is 2.64. The van der Waals surface area contributed by atoms with Gasteiger partial charge in [0.05, 0.1) is 5.69 Å². The molecule has 0 bridgehead atoms. The van der Waals surface area contributed by atoms with Crippen molar-refractivity contribution in [3.8, 4) is 11.1 Å². The summed E-state index contributed by atoms with van der Waals surface area (Å²) in [4.78, 5) is 0.